The second kappa shape index (κ2) is 5.00. The molecule has 1 rings (SSSR count). The van der Waals surface area contributed by atoms with Crippen LogP contribution in [0.1, 0.15) is 59.8 Å². The molecule has 88 valence electrons. The third-order valence-corrected chi connectivity index (χ3v) is 3.05. The van der Waals surface area contributed by atoms with Gasteiger partial charge in [-0.05, 0) is 51.9 Å². The molecule has 0 saturated heterocycles. The number of ether oxygens (including phenoxy) is 1. The standard InChI is InChI=1S/C13H24O2/c1-10(2)9-13(3,4)12(14)15-11-7-5-6-8-11/h10-11H,5-9H2,1-4H3. The highest BCUT2D eigenvalue weighted by Crippen LogP contribution is 2.30. The van der Waals surface area contributed by atoms with Gasteiger partial charge in [-0.15, -0.1) is 0 Å². The maximum Gasteiger partial charge on any atom is 0.311 e. The van der Waals surface area contributed by atoms with Crippen molar-refractivity contribution < 1.29 is 9.53 Å². The van der Waals surface area contributed by atoms with Crippen LogP contribution in [0.15, 0.2) is 0 Å². The largest absolute Gasteiger partial charge is 0.462 e. The Bertz CT molecular complexity index is 213. The first-order valence-electron chi connectivity index (χ1n) is 6.13. The minimum absolute atomic E-state index is 0.0110. The van der Waals surface area contributed by atoms with Gasteiger partial charge in [-0.25, -0.2) is 0 Å². The van der Waals surface area contributed by atoms with Crippen LogP contribution in [0.4, 0.5) is 0 Å². The summed E-state index contributed by atoms with van der Waals surface area (Å²) in [4.78, 5) is 11.9. The molecule has 0 aromatic heterocycles. The fourth-order valence-corrected chi connectivity index (χ4v) is 2.42. The van der Waals surface area contributed by atoms with Crippen molar-refractivity contribution in [2.75, 3.05) is 0 Å². The first-order chi connectivity index (χ1) is 6.92. The second-order valence-electron chi connectivity index (χ2n) is 5.79. The number of carbonyl (C=O) groups is 1. The van der Waals surface area contributed by atoms with E-state index >= 15 is 0 Å². The summed E-state index contributed by atoms with van der Waals surface area (Å²) in [5.74, 6) is 0.527. The Kier molecular flexibility index (Phi) is 4.18. The summed E-state index contributed by atoms with van der Waals surface area (Å²) in [6.07, 6.45) is 5.64. The van der Waals surface area contributed by atoms with Crippen LogP contribution in [0.25, 0.3) is 0 Å². The van der Waals surface area contributed by atoms with Crippen LogP contribution in [-0.2, 0) is 9.53 Å². The minimum Gasteiger partial charge on any atom is -0.462 e. The second-order valence-corrected chi connectivity index (χ2v) is 5.79. The molecule has 1 fully saturated rings. The maximum atomic E-state index is 11.9. The summed E-state index contributed by atoms with van der Waals surface area (Å²) in [6.45, 7) is 8.27. The first kappa shape index (κ1) is 12.5. The molecule has 15 heavy (non-hydrogen) atoms. The number of rotatable bonds is 4. The van der Waals surface area contributed by atoms with Gasteiger partial charge in [0.05, 0.1) is 5.41 Å². The van der Waals surface area contributed by atoms with Crippen LogP contribution < -0.4 is 0 Å². The normalized spacial score (nSPS) is 18.5. The Morgan fingerprint density at radius 3 is 2.33 bits per heavy atom. The van der Waals surface area contributed by atoms with Gasteiger partial charge in [-0.2, -0.15) is 0 Å². The van der Waals surface area contributed by atoms with Gasteiger partial charge in [0.25, 0.3) is 0 Å². The van der Waals surface area contributed by atoms with E-state index in [0.29, 0.717) is 5.92 Å². The highest BCUT2D eigenvalue weighted by molar-refractivity contribution is 5.76. The van der Waals surface area contributed by atoms with E-state index in [1.165, 1.54) is 12.8 Å². The predicted molar refractivity (Wildman–Crippen MR) is 61.6 cm³/mol. The van der Waals surface area contributed by atoms with E-state index in [1.807, 2.05) is 13.8 Å². The van der Waals surface area contributed by atoms with Crippen molar-refractivity contribution in [2.45, 2.75) is 65.9 Å². The molecular weight excluding hydrogens is 188 g/mol. The van der Waals surface area contributed by atoms with Gasteiger partial charge in [0.15, 0.2) is 0 Å². The van der Waals surface area contributed by atoms with Gasteiger partial charge in [0, 0.05) is 0 Å². The van der Waals surface area contributed by atoms with Crippen molar-refractivity contribution >= 4 is 5.97 Å². The Balaban J connectivity index is 2.43. The Labute approximate surface area is 93.4 Å². The fraction of sp³-hybridized carbons (Fsp3) is 0.923. The van der Waals surface area contributed by atoms with Crippen molar-refractivity contribution in [2.24, 2.45) is 11.3 Å². The molecule has 0 heterocycles. The topological polar surface area (TPSA) is 26.3 Å². The van der Waals surface area contributed by atoms with Gasteiger partial charge in [0.1, 0.15) is 6.10 Å². The number of esters is 1. The minimum atomic E-state index is -0.323. The third kappa shape index (κ3) is 3.84. The van der Waals surface area contributed by atoms with E-state index in [2.05, 4.69) is 13.8 Å². The molecule has 2 nitrogen and oxygen atoms in total. The SMILES string of the molecule is CC(C)CC(C)(C)C(=O)OC1CCCC1. The van der Waals surface area contributed by atoms with E-state index in [1.54, 1.807) is 0 Å². The lowest BCUT2D eigenvalue weighted by atomic mass is 9.84. The monoisotopic (exact) mass is 212 g/mol. The van der Waals surface area contributed by atoms with Crippen LogP contribution in [-0.4, -0.2) is 12.1 Å². The van der Waals surface area contributed by atoms with Crippen molar-refractivity contribution in [1.29, 1.82) is 0 Å². The quantitative estimate of drug-likeness (QED) is 0.666. The van der Waals surface area contributed by atoms with Crippen molar-refractivity contribution in [3.63, 3.8) is 0 Å². The zero-order chi connectivity index (χ0) is 11.5. The van der Waals surface area contributed by atoms with Gasteiger partial charge in [0.2, 0.25) is 0 Å². The molecule has 0 atom stereocenters. The van der Waals surface area contributed by atoms with Gasteiger partial charge in [-0.1, -0.05) is 13.8 Å². The van der Waals surface area contributed by atoms with E-state index < -0.39 is 0 Å². The summed E-state index contributed by atoms with van der Waals surface area (Å²) >= 11 is 0. The zero-order valence-corrected chi connectivity index (χ0v) is 10.5. The van der Waals surface area contributed by atoms with Crippen LogP contribution in [0.5, 0.6) is 0 Å². The zero-order valence-electron chi connectivity index (χ0n) is 10.5. The molecule has 0 aliphatic heterocycles. The average molecular weight is 212 g/mol. The molecule has 0 radical (unpaired) electrons. The van der Waals surface area contributed by atoms with E-state index in [4.69, 9.17) is 4.74 Å². The molecule has 0 spiro atoms. The average Bonchev–Trinajstić information content (AvgIpc) is 2.54. The van der Waals surface area contributed by atoms with Crippen LogP contribution in [0.3, 0.4) is 0 Å². The molecule has 1 saturated carbocycles. The van der Waals surface area contributed by atoms with Crippen molar-refractivity contribution in [3.8, 4) is 0 Å². The van der Waals surface area contributed by atoms with E-state index in [-0.39, 0.29) is 17.5 Å². The molecule has 0 bridgehead atoms. The molecule has 2 heteroatoms. The lowest BCUT2D eigenvalue weighted by Gasteiger charge is -2.26. The van der Waals surface area contributed by atoms with Gasteiger partial charge < -0.3 is 4.74 Å². The summed E-state index contributed by atoms with van der Waals surface area (Å²) in [5, 5.41) is 0. The molecular formula is C13H24O2. The number of hydrogen-bond donors (Lipinski definition) is 0. The smallest absolute Gasteiger partial charge is 0.311 e. The fourth-order valence-electron chi connectivity index (χ4n) is 2.42. The highest BCUT2D eigenvalue weighted by atomic mass is 16.5. The van der Waals surface area contributed by atoms with Crippen molar-refractivity contribution in [1.82, 2.24) is 0 Å². The van der Waals surface area contributed by atoms with E-state index in [0.717, 1.165) is 19.3 Å². The predicted octanol–water partition coefficient (Wildman–Crippen LogP) is 3.54. The molecule has 0 aromatic carbocycles. The molecule has 0 unspecified atom stereocenters. The van der Waals surface area contributed by atoms with Gasteiger partial charge >= 0.3 is 5.97 Å². The lowest BCUT2D eigenvalue weighted by molar-refractivity contribution is -0.160. The Hall–Kier alpha value is -0.530. The number of carbonyl (C=O) groups excluding carboxylic acids is 1. The van der Waals surface area contributed by atoms with Crippen LogP contribution in [0.2, 0.25) is 0 Å². The van der Waals surface area contributed by atoms with Crippen molar-refractivity contribution in [3.05, 3.63) is 0 Å². The maximum absolute atomic E-state index is 11.9. The molecule has 1 aliphatic carbocycles. The molecule has 1 aliphatic rings. The molecule has 0 amide bonds. The lowest BCUT2D eigenvalue weighted by Crippen LogP contribution is -2.31. The van der Waals surface area contributed by atoms with Crippen LogP contribution in [0, 0.1) is 11.3 Å². The summed E-state index contributed by atoms with van der Waals surface area (Å²) in [7, 11) is 0. The summed E-state index contributed by atoms with van der Waals surface area (Å²) < 4.78 is 5.54. The Morgan fingerprint density at radius 1 is 1.33 bits per heavy atom. The summed E-state index contributed by atoms with van der Waals surface area (Å²) in [5.41, 5.74) is -0.323. The highest BCUT2D eigenvalue weighted by Gasteiger charge is 2.32. The third-order valence-electron chi connectivity index (χ3n) is 3.05. The summed E-state index contributed by atoms with van der Waals surface area (Å²) in [6, 6.07) is 0. The molecule has 0 N–H and O–H groups in total. The Morgan fingerprint density at radius 2 is 1.87 bits per heavy atom. The van der Waals surface area contributed by atoms with Crippen LogP contribution >= 0.6 is 0 Å². The number of hydrogen-bond acceptors (Lipinski definition) is 2. The first-order valence-corrected chi connectivity index (χ1v) is 6.13. The molecule has 0 aromatic rings. The van der Waals surface area contributed by atoms with Gasteiger partial charge in [-0.3, -0.25) is 4.79 Å². The van der Waals surface area contributed by atoms with E-state index in [9.17, 15) is 4.79 Å².